The van der Waals surface area contributed by atoms with Gasteiger partial charge in [-0.15, -0.1) is 13.2 Å². The highest BCUT2D eigenvalue weighted by Gasteiger charge is 2.32. The van der Waals surface area contributed by atoms with E-state index in [-0.39, 0.29) is 11.3 Å². The number of aliphatic hydroxyl groups excluding tert-OH is 1. The van der Waals surface area contributed by atoms with E-state index in [0.29, 0.717) is 6.42 Å². The van der Waals surface area contributed by atoms with Crippen molar-refractivity contribution in [1.29, 1.82) is 0 Å². The Bertz CT molecular complexity index is 363. The van der Waals surface area contributed by atoms with Crippen molar-refractivity contribution in [2.75, 3.05) is 0 Å². The van der Waals surface area contributed by atoms with Crippen molar-refractivity contribution in [3.63, 3.8) is 0 Å². The number of aliphatic hydroxyl groups is 1. The summed E-state index contributed by atoms with van der Waals surface area (Å²) in [4.78, 5) is 0. The molecule has 1 atom stereocenters. The highest BCUT2D eigenvalue weighted by Crippen LogP contribution is 2.32. The molecule has 1 unspecified atom stereocenters. The van der Waals surface area contributed by atoms with Gasteiger partial charge in [-0.3, -0.25) is 0 Å². The first-order chi connectivity index (χ1) is 8.44. The van der Waals surface area contributed by atoms with Gasteiger partial charge in [0.05, 0.1) is 6.10 Å². The minimum Gasteiger partial charge on any atom is -0.405 e. The topological polar surface area (TPSA) is 29.5 Å². The van der Waals surface area contributed by atoms with Crippen molar-refractivity contribution in [3.8, 4) is 5.75 Å². The molecule has 0 aromatic heterocycles. The minimum absolute atomic E-state index is 0.186. The predicted octanol–water partition coefficient (Wildman–Crippen LogP) is 4.20. The van der Waals surface area contributed by atoms with E-state index >= 15 is 0 Å². The van der Waals surface area contributed by atoms with E-state index in [1.54, 1.807) is 6.07 Å². The number of alkyl halides is 3. The Hall–Kier alpha value is -1.23. The molecule has 2 nitrogen and oxygen atoms in total. The highest BCUT2D eigenvalue weighted by molar-refractivity contribution is 5.35. The van der Waals surface area contributed by atoms with Crippen LogP contribution in [0, 0.1) is 0 Å². The van der Waals surface area contributed by atoms with Crippen molar-refractivity contribution in [1.82, 2.24) is 0 Å². The molecule has 0 spiro atoms. The molecule has 0 aliphatic heterocycles. The third kappa shape index (κ3) is 4.96. The molecule has 102 valence electrons. The number of halogens is 3. The van der Waals surface area contributed by atoms with Gasteiger partial charge in [-0.05, 0) is 12.5 Å². The average Bonchev–Trinajstić information content (AvgIpc) is 2.27. The van der Waals surface area contributed by atoms with E-state index in [4.69, 9.17) is 0 Å². The number of hydrogen-bond acceptors (Lipinski definition) is 2. The Morgan fingerprint density at radius 1 is 1.22 bits per heavy atom. The highest BCUT2D eigenvalue weighted by atomic mass is 19.4. The second-order valence-electron chi connectivity index (χ2n) is 4.10. The molecule has 0 saturated carbocycles. The summed E-state index contributed by atoms with van der Waals surface area (Å²) in [5.74, 6) is -0.325. The molecular formula is C13H17F3O2. The fraction of sp³-hybridized carbons (Fsp3) is 0.538. The predicted molar refractivity (Wildman–Crippen MR) is 62.2 cm³/mol. The summed E-state index contributed by atoms with van der Waals surface area (Å²) in [6.07, 6.45) is -2.51. The maximum absolute atomic E-state index is 12.2. The van der Waals surface area contributed by atoms with Crippen molar-refractivity contribution in [3.05, 3.63) is 29.8 Å². The van der Waals surface area contributed by atoms with Gasteiger partial charge in [0.15, 0.2) is 0 Å². The minimum atomic E-state index is -4.74. The normalized spacial score (nSPS) is 13.4. The first-order valence-electron chi connectivity index (χ1n) is 5.96. The Morgan fingerprint density at radius 2 is 1.89 bits per heavy atom. The summed E-state index contributed by atoms with van der Waals surface area (Å²) in [6.45, 7) is 2.02. The molecule has 0 radical (unpaired) electrons. The number of unbranched alkanes of at least 4 members (excludes halogenated alkanes) is 2. The first kappa shape index (κ1) is 14.8. The number of ether oxygens (including phenoxy) is 1. The number of para-hydroxylation sites is 1. The van der Waals surface area contributed by atoms with Crippen LogP contribution in [-0.2, 0) is 0 Å². The number of benzene rings is 1. The second-order valence-corrected chi connectivity index (χ2v) is 4.10. The molecule has 1 aromatic rings. The van der Waals surface area contributed by atoms with Crippen LogP contribution in [0.15, 0.2) is 24.3 Å². The summed E-state index contributed by atoms with van der Waals surface area (Å²) in [5.41, 5.74) is 0.186. The Kier molecular flexibility index (Phi) is 5.47. The lowest BCUT2D eigenvalue weighted by molar-refractivity contribution is -0.275. The molecule has 0 amide bonds. The molecular weight excluding hydrogens is 245 g/mol. The Labute approximate surface area is 104 Å². The van der Waals surface area contributed by atoms with Crippen LogP contribution in [-0.4, -0.2) is 11.5 Å². The van der Waals surface area contributed by atoms with E-state index in [2.05, 4.69) is 4.74 Å². The first-order valence-corrected chi connectivity index (χ1v) is 5.96. The summed E-state index contributed by atoms with van der Waals surface area (Å²) in [7, 11) is 0. The van der Waals surface area contributed by atoms with E-state index < -0.39 is 12.5 Å². The van der Waals surface area contributed by atoms with E-state index in [1.165, 1.54) is 18.2 Å². The SMILES string of the molecule is CCCCCC(O)c1ccccc1OC(F)(F)F. The zero-order chi connectivity index (χ0) is 13.6. The van der Waals surface area contributed by atoms with Crippen LogP contribution in [0.3, 0.4) is 0 Å². The molecule has 1 rings (SSSR count). The second kappa shape index (κ2) is 6.64. The third-order valence-electron chi connectivity index (χ3n) is 2.58. The van der Waals surface area contributed by atoms with Gasteiger partial charge in [-0.25, -0.2) is 0 Å². The van der Waals surface area contributed by atoms with E-state index in [9.17, 15) is 18.3 Å². The van der Waals surface area contributed by atoms with Crippen LogP contribution in [0.2, 0.25) is 0 Å². The zero-order valence-electron chi connectivity index (χ0n) is 10.2. The largest absolute Gasteiger partial charge is 0.573 e. The van der Waals surface area contributed by atoms with Gasteiger partial charge in [0.1, 0.15) is 5.75 Å². The van der Waals surface area contributed by atoms with Crippen LogP contribution < -0.4 is 4.74 Å². The fourth-order valence-corrected chi connectivity index (χ4v) is 1.72. The standard InChI is InChI=1S/C13H17F3O2/c1-2-3-4-8-11(17)10-7-5-6-9-12(10)18-13(14,15)16/h5-7,9,11,17H,2-4,8H2,1H3. The van der Waals surface area contributed by atoms with Gasteiger partial charge in [0.2, 0.25) is 0 Å². The average molecular weight is 262 g/mol. The van der Waals surface area contributed by atoms with E-state index in [1.807, 2.05) is 6.92 Å². The van der Waals surface area contributed by atoms with Gasteiger partial charge in [-0.1, -0.05) is 44.4 Å². The zero-order valence-corrected chi connectivity index (χ0v) is 10.2. The summed E-state index contributed by atoms with van der Waals surface area (Å²) in [6, 6.07) is 5.70. The van der Waals surface area contributed by atoms with Gasteiger partial charge in [0.25, 0.3) is 0 Å². The summed E-state index contributed by atoms with van der Waals surface area (Å²) < 4.78 is 40.5. The van der Waals surface area contributed by atoms with Gasteiger partial charge in [0, 0.05) is 5.56 Å². The smallest absolute Gasteiger partial charge is 0.405 e. The van der Waals surface area contributed by atoms with E-state index in [0.717, 1.165) is 19.3 Å². The Morgan fingerprint density at radius 3 is 2.50 bits per heavy atom. The molecule has 0 aliphatic rings. The molecule has 1 aromatic carbocycles. The van der Waals surface area contributed by atoms with Crippen LogP contribution in [0.4, 0.5) is 13.2 Å². The molecule has 0 heterocycles. The van der Waals surface area contributed by atoms with Crippen molar-refractivity contribution in [2.45, 2.75) is 45.1 Å². The van der Waals surface area contributed by atoms with Crippen LogP contribution >= 0.6 is 0 Å². The maximum atomic E-state index is 12.2. The van der Waals surface area contributed by atoms with Crippen molar-refractivity contribution in [2.24, 2.45) is 0 Å². The van der Waals surface area contributed by atoms with Crippen LogP contribution in [0.25, 0.3) is 0 Å². The Balaban J connectivity index is 2.74. The molecule has 0 aliphatic carbocycles. The number of rotatable bonds is 6. The lowest BCUT2D eigenvalue weighted by Crippen LogP contribution is -2.18. The van der Waals surface area contributed by atoms with Gasteiger partial charge in [-0.2, -0.15) is 0 Å². The quantitative estimate of drug-likeness (QED) is 0.778. The monoisotopic (exact) mass is 262 g/mol. The lowest BCUT2D eigenvalue weighted by atomic mass is 10.0. The summed E-state index contributed by atoms with van der Waals surface area (Å²) in [5, 5.41) is 9.88. The molecule has 5 heteroatoms. The van der Waals surface area contributed by atoms with Crippen LogP contribution in [0.5, 0.6) is 5.75 Å². The molecule has 0 fully saturated rings. The fourth-order valence-electron chi connectivity index (χ4n) is 1.72. The molecule has 1 N–H and O–H groups in total. The molecule has 18 heavy (non-hydrogen) atoms. The van der Waals surface area contributed by atoms with Crippen molar-refractivity contribution < 1.29 is 23.0 Å². The van der Waals surface area contributed by atoms with Crippen molar-refractivity contribution >= 4 is 0 Å². The summed E-state index contributed by atoms with van der Waals surface area (Å²) >= 11 is 0. The molecule has 0 bridgehead atoms. The van der Waals surface area contributed by atoms with Gasteiger partial charge >= 0.3 is 6.36 Å². The maximum Gasteiger partial charge on any atom is 0.573 e. The van der Waals surface area contributed by atoms with Crippen LogP contribution in [0.1, 0.15) is 44.3 Å². The van der Waals surface area contributed by atoms with Gasteiger partial charge < -0.3 is 9.84 Å². The lowest BCUT2D eigenvalue weighted by Gasteiger charge is -2.17. The third-order valence-corrected chi connectivity index (χ3v) is 2.58. The number of hydrogen-bond donors (Lipinski definition) is 1. The molecule has 0 saturated heterocycles.